The molecule has 2 rings (SSSR count). The average Bonchev–Trinajstić information content (AvgIpc) is 2.59. The van der Waals surface area contributed by atoms with Crippen LogP contribution in [0.2, 0.25) is 0 Å². The Morgan fingerprint density at radius 1 is 1.27 bits per heavy atom. The lowest BCUT2D eigenvalue weighted by Gasteiger charge is -2.36. The van der Waals surface area contributed by atoms with Crippen molar-refractivity contribution < 1.29 is 24.0 Å². The summed E-state index contributed by atoms with van der Waals surface area (Å²) in [6.07, 6.45) is 2.74. The van der Waals surface area contributed by atoms with Crippen LogP contribution in [0.5, 0.6) is 0 Å². The van der Waals surface area contributed by atoms with Crippen LogP contribution in [0.3, 0.4) is 0 Å². The molecule has 0 heterocycles. The molecule has 0 saturated heterocycles. The van der Waals surface area contributed by atoms with Crippen molar-refractivity contribution in [1.29, 1.82) is 0 Å². The molecule has 0 N–H and O–H groups in total. The summed E-state index contributed by atoms with van der Waals surface area (Å²) in [5.41, 5.74) is -0.538. The molecule has 0 aromatic heterocycles. The minimum atomic E-state index is -0.910. The number of hydrogen-bond donors (Lipinski definition) is 0. The molecular formula is C19H25NO6. The Kier molecular flexibility index (Phi) is 6.71. The van der Waals surface area contributed by atoms with E-state index in [9.17, 15) is 19.7 Å². The van der Waals surface area contributed by atoms with Gasteiger partial charge >= 0.3 is 11.9 Å². The molecular weight excluding hydrogens is 338 g/mol. The second kappa shape index (κ2) is 8.78. The number of carbonyl (C=O) groups excluding carboxylic acids is 2. The molecule has 0 unspecified atom stereocenters. The first-order valence-electron chi connectivity index (χ1n) is 8.89. The summed E-state index contributed by atoms with van der Waals surface area (Å²) in [4.78, 5) is 34.5. The first-order valence-corrected chi connectivity index (χ1v) is 8.89. The predicted octanol–water partition coefficient (Wildman–Crippen LogP) is 3.76. The molecule has 1 aliphatic rings. The average molecular weight is 363 g/mol. The second-order valence-electron chi connectivity index (χ2n) is 7.20. The number of para-hydroxylation sites is 1. The van der Waals surface area contributed by atoms with E-state index in [2.05, 4.69) is 20.8 Å². The van der Waals surface area contributed by atoms with Gasteiger partial charge in [0.1, 0.15) is 11.7 Å². The van der Waals surface area contributed by atoms with E-state index in [0.717, 1.165) is 19.3 Å². The smallest absolute Gasteiger partial charge is 0.345 e. The van der Waals surface area contributed by atoms with Crippen LogP contribution in [-0.2, 0) is 14.3 Å². The van der Waals surface area contributed by atoms with Crippen LogP contribution in [0.4, 0.5) is 5.69 Å². The first-order chi connectivity index (χ1) is 12.3. The van der Waals surface area contributed by atoms with Crippen LogP contribution in [0.25, 0.3) is 0 Å². The number of nitro groups is 1. The van der Waals surface area contributed by atoms with Gasteiger partial charge in [-0.25, -0.2) is 9.59 Å². The minimum absolute atomic E-state index is 0.184. The van der Waals surface area contributed by atoms with E-state index < -0.39 is 23.5 Å². The van der Waals surface area contributed by atoms with Gasteiger partial charge in [0.15, 0.2) is 6.61 Å². The van der Waals surface area contributed by atoms with E-state index in [1.165, 1.54) is 24.3 Å². The Hall–Kier alpha value is -2.44. The quantitative estimate of drug-likeness (QED) is 0.434. The zero-order valence-electron chi connectivity index (χ0n) is 15.3. The molecule has 1 aliphatic carbocycles. The molecule has 1 fully saturated rings. The topological polar surface area (TPSA) is 95.7 Å². The molecule has 7 nitrogen and oxygen atoms in total. The van der Waals surface area contributed by atoms with E-state index in [4.69, 9.17) is 9.47 Å². The highest BCUT2D eigenvalue weighted by Crippen LogP contribution is 2.35. The molecule has 0 bridgehead atoms. The van der Waals surface area contributed by atoms with Crippen molar-refractivity contribution in [2.75, 3.05) is 6.61 Å². The summed E-state index contributed by atoms with van der Waals surface area (Å²) in [6.45, 7) is 5.79. The van der Waals surface area contributed by atoms with Gasteiger partial charge in [-0.2, -0.15) is 0 Å². The van der Waals surface area contributed by atoms with Gasteiger partial charge in [-0.1, -0.05) is 39.3 Å². The third-order valence-electron chi connectivity index (χ3n) is 4.89. The Labute approximate surface area is 152 Å². The van der Waals surface area contributed by atoms with Crippen molar-refractivity contribution in [3.63, 3.8) is 0 Å². The molecule has 0 spiro atoms. The van der Waals surface area contributed by atoms with Crippen LogP contribution in [0, 0.1) is 27.9 Å². The summed E-state index contributed by atoms with van der Waals surface area (Å²) in [6, 6.07) is 5.47. The fraction of sp³-hybridized carbons (Fsp3) is 0.579. The number of esters is 2. The summed E-state index contributed by atoms with van der Waals surface area (Å²) < 4.78 is 10.5. The normalized spacial score (nSPS) is 22.7. The molecule has 3 atom stereocenters. The van der Waals surface area contributed by atoms with Crippen molar-refractivity contribution in [2.24, 2.45) is 17.8 Å². The largest absolute Gasteiger partial charge is 0.460 e. The SMILES string of the molecule is CC(C)[C@H]1CC[C@H](C)C[C@H]1OC(=O)COC(=O)c1ccccc1[N+](=O)[O-]. The molecule has 1 aromatic carbocycles. The van der Waals surface area contributed by atoms with Gasteiger partial charge in [-0.05, 0) is 36.7 Å². The number of nitro benzene ring substituents is 1. The van der Waals surface area contributed by atoms with E-state index in [1.54, 1.807) is 0 Å². The van der Waals surface area contributed by atoms with Crippen LogP contribution < -0.4 is 0 Å². The van der Waals surface area contributed by atoms with E-state index in [1.807, 2.05) is 0 Å². The molecule has 0 radical (unpaired) electrons. The second-order valence-corrected chi connectivity index (χ2v) is 7.20. The van der Waals surface area contributed by atoms with Crippen LogP contribution in [0.15, 0.2) is 24.3 Å². The molecule has 142 valence electrons. The Morgan fingerprint density at radius 2 is 1.96 bits per heavy atom. The first kappa shape index (κ1) is 19.9. The number of nitrogens with zero attached hydrogens (tertiary/aromatic N) is 1. The third kappa shape index (κ3) is 5.03. The lowest BCUT2D eigenvalue weighted by Crippen LogP contribution is -2.36. The molecule has 1 saturated carbocycles. The van der Waals surface area contributed by atoms with Crippen LogP contribution in [0.1, 0.15) is 50.4 Å². The van der Waals surface area contributed by atoms with Gasteiger partial charge in [-0.15, -0.1) is 0 Å². The summed E-state index contributed by atoms with van der Waals surface area (Å²) >= 11 is 0. The summed E-state index contributed by atoms with van der Waals surface area (Å²) in [5, 5.41) is 11.0. The number of ether oxygens (including phenoxy) is 2. The lowest BCUT2D eigenvalue weighted by molar-refractivity contribution is -0.385. The van der Waals surface area contributed by atoms with Crippen molar-refractivity contribution in [1.82, 2.24) is 0 Å². The van der Waals surface area contributed by atoms with Gasteiger partial charge in [0, 0.05) is 6.07 Å². The van der Waals surface area contributed by atoms with E-state index >= 15 is 0 Å². The molecule has 26 heavy (non-hydrogen) atoms. The lowest BCUT2D eigenvalue weighted by atomic mass is 9.75. The summed E-state index contributed by atoms with van der Waals surface area (Å²) in [7, 11) is 0. The fourth-order valence-electron chi connectivity index (χ4n) is 3.46. The Bertz CT molecular complexity index is 672. The maximum atomic E-state index is 12.1. The maximum absolute atomic E-state index is 12.1. The number of benzene rings is 1. The van der Waals surface area contributed by atoms with Gasteiger partial charge in [0.25, 0.3) is 5.69 Å². The molecule has 1 aromatic rings. The molecule has 0 aliphatic heterocycles. The zero-order chi connectivity index (χ0) is 19.3. The van der Waals surface area contributed by atoms with Crippen molar-refractivity contribution in [2.45, 2.75) is 46.1 Å². The minimum Gasteiger partial charge on any atom is -0.460 e. The van der Waals surface area contributed by atoms with Crippen molar-refractivity contribution in [3.8, 4) is 0 Å². The fourth-order valence-corrected chi connectivity index (χ4v) is 3.46. The summed E-state index contributed by atoms with van der Waals surface area (Å²) in [5.74, 6) is -0.360. The van der Waals surface area contributed by atoms with Gasteiger partial charge in [-0.3, -0.25) is 10.1 Å². The molecule has 7 heteroatoms. The third-order valence-corrected chi connectivity index (χ3v) is 4.89. The highest BCUT2D eigenvalue weighted by atomic mass is 16.6. The Balaban J connectivity index is 1.94. The zero-order valence-corrected chi connectivity index (χ0v) is 15.3. The number of hydrogen-bond acceptors (Lipinski definition) is 6. The highest BCUT2D eigenvalue weighted by molar-refractivity contribution is 5.94. The van der Waals surface area contributed by atoms with Crippen LogP contribution in [-0.4, -0.2) is 29.6 Å². The standard InChI is InChI=1S/C19H25NO6/c1-12(2)14-9-8-13(3)10-17(14)26-18(21)11-25-19(22)15-6-4-5-7-16(15)20(23)24/h4-7,12-14,17H,8-11H2,1-3H3/t13-,14+,17+/m0/s1. The van der Waals surface area contributed by atoms with Crippen LogP contribution >= 0.6 is 0 Å². The highest BCUT2D eigenvalue weighted by Gasteiger charge is 2.33. The van der Waals surface area contributed by atoms with Gasteiger partial charge in [0.05, 0.1) is 4.92 Å². The van der Waals surface area contributed by atoms with Crippen molar-refractivity contribution >= 4 is 17.6 Å². The van der Waals surface area contributed by atoms with Gasteiger partial charge < -0.3 is 9.47 Å². The molecule has 0 amide bonds. The number of carbonyl (C=O) groups is 2. The number of rotatable bonds is 6. The van der Waals surface area contributed by atoms with E-state index in [0.29, 0.717) is 17.8 Å². The van der Waals surface area contributed by atoms with Gasteiger partial charge in [0.2, 0.25) is 0 Å². The van der Waals surface area contributed by atoms with Crippen molar-refractivity contribution in [3.05, 3.63) is 39.9 Å². The maximum Gasteiger partial charge on any atom is 0.345 e. The van der Waals surface area contributed by atoms with E-state index in [-0.39, 0.29) is 17.4 Å². The monoisotopic (exact) mass is 363 g/mol. The Morgan fingerprint density at radius 3 is 2.62 bits per heavy atom. The predicted molar refractivity (Wildman–Crippen MR) is 94.6 cm³/mol.